The van der Waals surface area contributed by atoms with Crippen molar-refractivity contribution in [3.05, 3.63) is 48.2 Å². The minimum atomic E-state index is -1.06. The van der Waals surface area contributed by atoms with Crippen LogP contribution in [0.15, 0.2) is 42.6 Å². The van der Waals surface area contributed by atoms with Crippen LogP contribution in [-0.4, -0.2) is 49.7 Å². The maximum absolute atomic E-state index is 13.1. The number of aromatic nitrogens is 3. The number of carboxylic acid groups (broad SMARTS) is 1. The number of amides is 1. The van der Waals surface area contributed by atoms with E-state index >= 15 is 0 Å². The lowest BCUT2D eigenvalue weighted by atomic mass is 10.1. The maximum Gasteiger partial charge on any atom is 0.326 e. The van der Waals surface area contributed by atoms with Crippen LogP contribution in [0.4, 0.5) is 0 Å². The summed E-state index contributed by atoms with van der Waals surface area (Å²) in [5, 5.41) is 14.2. The molecule has 0 saturated carbocycles. The first-order valence-corrected chi connectivity index (χ1v) is 8.75. The molecule has 0 radical (unpaired) electrons. The topological polar surface area (TPSA) is 88.3 Å². The third-order valence-electron chi connectivity index (χ3n) is 4.61. The van der Waals surface area contributed by atoms with Crippen molar-refractivity contribution in [2.75, 3.05) is 7.05 Å². The predicted octanol–water partition coefficient (Wildman–Crippen LogP) is 3.22. The van der Waals surface area contributed by atoms with Crippen LogP contribution in [0, 0.1) is 0 Å². The van der Waals surface area contributed by atoms with Crippen LogP contribution in [0.5, 0.6) is 0 Å². The quantitative estimate of drug-likeness (QED) is 0.749. The highest BCUT2D eigenvalue weighted by atomic mass is 16.4. The first-order valence-electron chi connectivity index (χ1n) is 8.75. The second-order valence-electron chi connectivity index (χ2n) is 6.77. The van der Waals surface area contributed by atoms with E-state index in [4.69, 9.17) is 4.98 Å². The SMILES string of the molecule is CC(C(=O)O)N(C)C(=O)c1cc(-c2ccccc2)nc2c1cnn2C(C)C. The Morgan fingerprint density at radius 2 is 1.81 bits per heavy atom. The van der Waals surface area contributed by atoms with Crippen molar-refractivity contribution in [3.8, 4) is 11.3 Å². The summed E-state index contributed by atoms with van der Waals surface area (Å²) in [5.74, 6) is -1.44. The van der Waals surface area contributed by atoms with Crippen LogP contribution in [-0.2, 0) is 4.79 Å². The fourth-order valence-corrected chi connectivity index (χ4v) is 2.86. The van der Waals surface area contributed by atoms with E-state index in [1.165, 1.54) is 18.9 Å². The Hall–Kier alpha value is -3.22. The fraction of sp³-hybridized carbons (Fsp3) is 0.300. The number of nitrogens with zero attached hydrogens (tertiary/aromatic N) is 4. The number of benzene rings is 1. The van der Waals surface area contributed by atoms with E-state index in [9.17, 15) is 14.7 Å². The summed E-state index contributed by atoms with van der Waals surface area (Å²) in [7, 11) is 1.49. The molecule has 0 saturated heterocycles. The zero-order valence-electron chi connectivity index (χ0n) is 15.7. The molecule has 3 rings (SSSR count). The molecule has 0 fully saturated rings. The number of hydrogen-bond donors (Lipinski definition) is 1. The minimum absolute atomic E-state index is 0.0691. The van der Waals surface area contributed by atoms with Gasteiger partial charge in [0.25, 0.3) is 5.91 Å². The Morgan fingerprint density at radius 1 is 1.15 bits per heavy atom. The van der Waals surface area contributed by atoms with E-state index in [1.807, 2.05) is 44.2 Å². The van der Waals surface area contributed by atoms with Gasteiger partial charge in [-0.3, -0.25) is 4.79 Å². The lowest BCUT2D eigenvalue weighted by molar-refractivity contribution is -0.141. The molecule has 7 nitrogen and oxygen atoms in total. The molecule has 1 amide bonds. The van der Waals surface area contributed by atoms with E-state index in [2.05, 4.69) is 5.10 Å². The van der Waals surface area contributed by atoms with E-state index in [0.717, 1.165) is 5.56 Å². The average molecular weight is 366 g/mol. The molecule has 1 unspecified atom stereocenters. The van der Waals surface area contributed by atoms with Gasteiger partial charge >= 0.3 is 5.97 Å². The zero-order chi connectivity index (χ0) is 19.7. The number of pyridine rings is 1. The van der Waals surface area contributed by atoms with Crippen LogP contribution in [0.25, 0.3) is 22.3 Å². The van der Waals surface area contributed by atoms with Crippen LogP contribution < -0.4 is 0 Å². The van der Waals surface area contributed by atoms with Gasteiger partial charge in [-0.15, -0.1) is 0 Å². The first kappa shape index (κ1) is 18.6. The van der Waals surface area contributed by atoms with Gasteiger partial charge in [0.05, 0.1) is 22.8 Å². The first-order chi connectivity index (χ1) is 12.8. The summed E-state index contributed by atoms with van der Waals surface area (Å²) in [4.78, 5) is 30.3. The van der Waals surface area contributed by atoms with Crippen molar-refractivity contribution in [2.24, 2.45) is 0 Å². The molecule has 1 N–H and O–H groups in total. The third kappa shape index (κ3) is 3.40. The van der Waals surface area contributed by atoms with E-state index in [0.29, 0.717) is 22.3 Å². The molecule has 7 heteroatoms. The molecular weight excluding hydrogens is 344 g/mol. The van der Waals surface area contributed by atoms with E-state index in [-0.39, 0.29) is 11.9 Å². The largest absolute Gasteiger partial charge is 0.480 e. The van der Waals surface area contributed by atoms with Crippen LogP contribution in [0.1, 0.15) is 37.2 Å². The lowest BCUT2D eigenvalue weighted by Crippen LogP contribution is -2.40. The number of fused-ring (bicyclic) bond motifs is 1. The van der Waals surface area contributed by atoms with Gasteiger partial charge in [0.1, 0.15) is 6.04 Å². The van der Waals surface area contributed by atoms with Gasteiger partial charge < -0.3 is 10.0 Å². The third-order valence-corrected chi connectivity index (χ3v) is 4.61. The predicted molar refractivity (Wildman–Crippen MR) is 103 cm³/mol. The number of carbonyl (C=O) groups is 2. The van der Waals surface area contributed by atoms with Gasteiger partial charge in [-0.05, 0) is 26.8 Å². The highest BCUT2D eigenvalue weighted by Gasteiger charge is 2.26. The highest BCUT2D eigenvalue weighted by Crippen LogP contribution is 2.27. The Morgan fingerprint density at radius 3 is 2.41 bits per heavy atom. The molecule has 1 aromatic carbocycles. The Balaban J connectivity index is 2.21. The molecule has 0 aliphatic carbocycles. The molecule has 0 bridgehead atoms. The average Bonchev–Trinajstić information content (AvgIpc) is 3.10. The summed E-state index contributed by atoms with van der Waals surface area (Å²) in [6.45, 7) is 5.46. The Bertz CT molecular complexity index is 995. The van der Waals surface area contributed by atoms with Crippen molar-refractivity contribution in [2.45, 2.75) is 32.9 Å². The molecule has 1 atom stereocenters. The number of hydrogen-bond acceptors (Lipinski definition) is 4. The van der Waals surface area contributed by atoms with Gasteiger partial charge in [0.15, 0.2) is 5.65 Å². The maximum atomic E-state index is 13.1. The fourth-order valence-electron chi connectivity index (χ4n) is 2.86. The van der Waals surface area contributed by atoms with Crippen molar-refractivity contribution in [1.29, 1.82) is 0 Å². The number of rotatable bonds is 5. The Labute approximate surface area is 157 Å². The summed E-state index contributed by atoms with van der Waals surface area (Å²) in [6, 6.07) is 10.4. The minimum Gasteiger partial charge on any atom is -0.480 e. The highest BCUT2D eigenvalue weighted by molar-refractivity contribution is 6.07. The van der Waals surface area contributed by atoms with Crippen LogP contribution >= 0.6 is 0 Å². The van der Waals surface area contributed by atoms with Gasteiger partial charge in [-0.2, -0.15) is 5.10 Å². The molecule has 0 aliphatic rings. The number of aliphatic carboxylic acids is 1. The molecule has 0 spiro atoms. The molecule has 2 heterocycles. The number of likely N-dealkylation sites (N-methyl/N-ethyl adjacent to an activating group) is 1. The van der Waals surface area contributed by atoms with E-state index < -0.39 is 12.0 Å². The molecule has 140 valence electrons. The van der Waals surface area contributed by atoms with Gasteiger partial charge in [-0.1, -0.05) is 30.3 Å². The van der Waals surface area contributed by atoms with Crippen molar-refractivity contribution >= 4 is 22.9 Å². The normalized spacial score (nSPS) is 12.3. The second-order valence-corrected chi connectivity index (χ2v) is 6.77. The van der Waals surface area contributed by atoms with Crippen molar-refractivity contribution < 1.29 is 14.7 Å². The smallest absolute Gasteiger partial charge is 0.326 e. The second kappa shape index (κ2) is 7.19. The monoisotopic (exact) mass is 366 g/mol. The standard InChI is InChI=1S/C20H22N4O3/c1-12(2)24-18-16(11-21-24)15(19(25)23(4)13(3)20(26)27)10-17(22-18)14-8-6-5-7-9-14/h5-13H,1-4H3,(H,26,27). The Kier molecular flexibility index (Phi) is 4.94. The number of carbonyl (C=O) groups excluding carboxylic acids is 1. The molecule has 0 aliphatic heterocycles. The summed E-state index contributed by atoms with van der Waals surface area (Å²) in [6.07, 6.45) is 1.61. The number of carboxylic acids is 1. The van der Waals surface area contributed by atoms with Gasteiger partial charge in [-0.25, -0.2) is 14.5 Å². The lowest BCUT2D eigenvalue weighted by Gasteiger charge is -2.22. The van der Waals surface area contributed by atoms with Crippen molar-refractivity contribution in [1.82, 2.24) is 19.7 Å². The molecule has 27 heavy (non-hydrogen) atoms. The zero-order valence-corrected chi connectivity index (χ0v) is 15.7. The van der Waals surface area contributed by atoms with E-state index in [1.54, 1.807) is 16.9 Å². The van der Waals surface area contributed by atoms with Crippen LogP contribution in [0.2, 0.25) is 0 Å². The molecule has 2 aromatic heterocycles. The summed E-state index contributed by atoms with van der Waals surface area (Å²) < 4.78 is 1.76. The van der Waals surface area contributed by atoms with Crippen LogP contribution in [0.3, 0.4) is 0 Å². The van der Waals surface area contributed by atoms with Crippen molar-refractivity contribution in [3.63, 3.8) is 0 Å². The van der Waals surface area contributed by atoms with Gasteiger partial charge in [0.2, 0.25) is 0 Å². The van der Waals surface area contributed by atoms with Gasteiger partial charge in [0, 0.05) is 18.7 Å². The summed E-state index contributed by atoms with van der Waals surface area (Å²) >= 11 is 0. The summed E-state index contributed by atoms with van der Waals surface area (Å²) in [5.41, 5.74) is 2.51. The molecular formula is C20H22N4O3. The molecule has 3 aromatic rings.